The molecule has 2 heterocycles. The van der Waals surface area contributed by atoms with Crippen LogP contribution in [0.1, 0.15) is 10.4 Å². The molecule has 0 aliphatic carbocycles. The van der Waals surface area contributed by atoms with Gasteiger partial charge < -0.3 is 9.47 Å². The zero-order chi connectivity index (χ0) is 12.3. The fourth-order valence-corrected chi connectivity index (χ4v) is 2.02. The van der Waals surface area contributed by atoms with Gasteiger partial charge in [0.2, 0.25) is 5.88 Å². The molecule has 0 unspecified atom stereocenters. The summed E-state index contributed by atoms with van der Waals surface area (Å²) in [6, 6.07) is 1.67. The summed E-state index contributed by atoms with van der Waals surface area (Å²) in [5.41, 5.74) is 1.04. The van der Waals surface area contributed by atoms with Crippen molar-refractivity contribution in [1.29, 1.82) is 0 Å². The molecular weight excluding hydrogens is 240 g/mol. The van der Waals surface area contributed by atoms with Gasteiger partial charge >= 0.3 is 5.97 Å². The number of hydrogen-bond donors (Lipinski definition) is 0. The molecule has 0 aliphatic heterocycles. The predicted molar refractivity (Wildman–Crippen MR) is 63.2 cm³/mol. The largest absolute Gasteiger partial charge is 0.481 e. The molecule has 6 heteroatoms. The van der Waals surface area contributed by atoms with Crippen molar-refractivity contribution in [1.82, 2.24) is 9.97 Å². The number of aromatic nitrogens is 2. The van der Waals surface area contributed by atoms with Crippen LogP contribution in [-0.2, 0) is 4.74 Å². The van der Waals surface area contributed by atoms with Crippen LogP contribution in [0.2, 0.25) is 0 Å². The molecule has 0 spiro atoms. The molecule has 17 heavy (non-hydrogen) atoms. The fraction of sp³-hybridized carbons (Fsp3) is 0.182. The molecule has 0 atom stereocenters. The quantitative estimate of drug-likeness (QED) is 0.780. The third kappa shape index (κ3) is 2.26. The Morgan fingerprint density at radius 3 is 2.76 bits per heavy atom. The standard InChI is InChI=1S/C11H10N2O3S/c1-15-9-5-7(10-12-3-4-17-10)8(6-13-9)11(14)16-2/h3-6H,1-2H3. The Hall–Kier alpha value is -1.95. The van der Waals surface area contributed by atoms with Crippen LogP contribution in [0, 0.1) is 0 Å². The third-order valence-electron chi connectivity index (χ3n) is 2.16. The SMILES string of the molecule is COC(=O)c1cnc(OC)cc1-c1nccs1. The Labute approximate surface area is 102 Å². The van der Waals surface area contributed by atoms with Crippen molar-refractivity contribution < 1.29 is 14.3 Å². The Bertz CT molecular complexity index is 526. The molecule has 0 aromatic carbocycles. The number of nitrogens with zero attached hydrogens (tertiary/aromatic N) is 2. The number of hydrogen-bond acceptors (Lipinski definition) is 6. The average Bonchev–Trinajstić information content (AvgIpc) is 2.91. The summed E-state index contributed by atoms with van der Waals surface area (Å²) in [4.78, 5) is 19.8. The minimum absolute atomic E-state index is 0.378. The van der Waals surface area contributed by atoms with Crippen molar-refractivity contribution in [2.45, 2.75) is 0 Å². The van der Waals surface area contributed by atoms with Gasteiger partial charge in [-0.15, -0.1) is 11.3 Å². The number of rotatable bonds is 3. The van der Waals surface area contributed by atoms with Crippen LogP contribution in [0.15, 0.2) is 23.8 Å². The maximum atomic E-state index is 11.6. The number of esters is 1. The third-order valence-corrected chi connectivity index (χ3v) is 2.96. The molecule has 0 radical (unpaired) electrons. The van der Waals surface area contributed by atoms with E-state index in [0.29, 0.717) is 17.0 Å². The first-order chi connectivity index (χ1) is 8.26. The molecule has 0 saturated carbocycles. The van der Waals surface area contributed by atoms with Crippen molar-refractivity contribution in [2.75, 3.05) is 14.2 Å². The first kappa shape index (κ1) is 11.5. The molecule has 0 fully saturated rings. The minimum atomic E-state index is -0.439. The molecule has 2 aromatic rings. The van der Waals surface area contributed by atoms with Gasteiger partial charge in [0.05, 0.1) is 19.8 Å². The smallest absolute Gasteiger partial charge is 0.340 e. The highest BCUT2D eigenvalue weighted by atomic mass is 32.1. The highest BCUT2D eigenvalue weighted by Crippen LogP contribution is 2.28. The second-order valence-electron chi connectivity index (χ2n) is 3.10. The van der Waals surface area contributed by atoms with Gasteiger partial charge in [0.1, 0.15) is 5.01 Å². The normalized spacial score (nSPS) is 10.0. The zero-order valence-electron chi connectivity index (χ0n) is 9.34. The summed E-state index contributed by atoms with van der Waals surface area (Å²) in [6.45, 7) is 0. The first-order valence-electron chi connectivity index (χ1n) is 4.78. The van der Waals surface area contributed by atoms with Crippen molar-refractivity contribution in [3.05, 3.63) is 29.4 Å². The van der Waals surface area contributed by atoms with Crippen LogP contribution >= 0.6 is 11.3 Å². The van der Waals surface area contributed by atoms with E-state index >= 15 is 0 Å². The first-order valence-corrected chi connectivity index (χ1v) is 5.66. The monoisotopic (exact) mass is 250 g/mol. The summed E-state index contributed by atoms with van der Waals surface area (Å²) >= 11 is 1.44. The molecule has 5 nitrogen and oxygen atoms in total. The lowest BCUT2D eigenvalue weighted by Gasteiger charge is -2.06. The van der Waals surface area contributed by atoms with E-state index in [2.05, 4.69) is 9.97 Å². The average molecular weight is 250 g/mol. The summed E-state index contributed by atoms with van der Waals surface area (Å²) in [7, 11) is 2.85. The second kappa shape index (κ2) is 4.92. The number of carbonyl (C=O) groups is 1. The number of methoxy groups -OCH3 is 2. The molecule has 2 rings (SSSR count). The summed E-state index contributed by atoms with van der Waals surface area (Å²) in [5, 5.41) is 2.56. The van der Waals surface area contributed by atoms with Crippen molar-refractivity contribution >= 4 is 17.3 Å². The van der Waals surface area contributed by atoms with Gasteiger partial charge in [-0.05, 0) is 0 Å². The predicted octanol–water partition coefficient (Wildman–Crippen LogP) is 2.00. The van der Waals surface area contributed by atoms with Gasteiger partial charge in [0.15, 0.2) is 0 Å². The topological polar surface area (TPSA) is 61.3 Å². The molecule has 0 amide bonds. The molecule has 0 bridgehead atoms. The summed E-state index contributed by atoms with van der Waals surface area (Å²) in [6.07, 6.45) is 3.11. The van der Waals surface area contributed by atoms with Crippen molar-refractivity contribution in [3.63, 3.8) is 0 Å². The van der Waals surface area contributed by atoms with E-state index < -0.39 is 5.97 Å². The van der Waals surface area contributed by atoms with Crippen LogP contribution in [0.5, 0.6) is 5.88 Å². The van der Waals surface area contributed by atoms with Gasteiger partial charge in [-0.25, -0.2) is 14.8 Å². The van der Waals surface area contributed by atoms with Crippen LogP contribution in [0.3, 0.4) is 0 Å². The van der Waals surface area contributed by atoms with E-state index in [1.54, 1.807) is 12.3 Å². The van der Waals surface area contributed by atoms with Crippen LogP contribution in [0.25, 0.3) is 10.6 Å². The van der Waals surface area contributed by atoms with Crippen LogP contribution < -0.4 is 4.74 Å². The highest BCUT2D eigenvalue weighted by Gasteiger charge is 2.16. The Kier molecular flexibility index (Phi) is 3.34. The van der Waals surface area contributed by atoms with Crippen LogP contribution in [0.4, 0.5) is 0 Å². The van der Waals surface area contributed by atoms with Gasteiger partial charge in [0, 0.05) is 29.4 Å². The van der Waals surface area contributed by atoms with E-state index in [1.165, 1.54) is 31.8 Å². The molecule has 0 saturated heterocycles. The maximum Gasteiger partial charge on any atom is 0.340 e. The lowest BCUT2D eigenvalue weighted by atomic mass is 10.1. The van der Waals surface area contributed by atoms with E-state index in [-0.39, 0.29) is 0 Å². The van der Waals surface area contributed by atoms with Crippen LogP contribution in [-0.4, -0.2) is 30.2 Å². The minimum Gasteiger partial charge on any atom is -0.481 e. The van der Waals surface area contributed by atoms with E-state index in [9.17, 15) is 4.79 Å². The Morgan fingerprint density at radius 2 is 2.18 bits per heavy atom. The second-order valence-corrected chi connectivity index (χ2v) is 4.00. The van der Waals surface area contributed by atoms with Gasteiger partial charge in [-0.2, -0.15) is 0 Å². The van der Waals surface area contributed by atoms with Crippen molar-refractivity contribution in [2.24, 2.45) is 0 Å². The van der Waals surface area contributed by atoms with E-state index in [0.717, 1.165) is 5.01 Å². The molecule has 0 N–H and O–H groups in total. The number of carbonyl (C=O) groups excluding carboxylic acids is 1. The zero-order valence-corrected chi connectivity index (χ0v) is 10.2. The fourth-order valence-electron chi connectivity index (χ4n) is 1.35. The van der Waals surface area contributed by atoms with Gasteiger partial charge in [-0.3, -0.25) is 0 Å². The Balaban J connectivity index is 2.56. The molecule has 88 valence electrons. The van der Waals surface area contributed by atoms with Crippen molar-refractivity contribution in [3.8, 4) is 16.5 Å². The lowest BCUT2D eigenvalue weighted by molar-refractivity contribution is 0.0601. The molecule has 0 aliphatic rings. The number of ether oxygens (including phenoxy) is 2. The summed E-state index contributed by atoms with van der Waals surface area (Å²) in [5.74, 6) is -0.00629. The van der Waals surface area contributed by atoms with E-state index in [4.69, 9.17) is 9.47 Å². The van der Waals surface area contributed by atoms with Gasteiger partial charge in [0.25, 0.3) is 0 Å². The molecular formula is C11H10N2O3S. The maximum absolute atomic E-state index is 11.6. The van der Waals surface area contributed by atoms with Gasteiger partial charge in [-0.1, -0.05) is 0 Å². The summed E-state index contributed by atoms with van der Waals surface area (Å²) < 4.78 is 9.74. The highest BCUT2D eigenvalue weighted by molar-refractivity contribution is 7.13. The molecule has 2 aromatic heterocycles. The number of pyridine rings is 1. The Morgan fingerprint density at radius 1 is 1.35 bits per heavy atom. The lowest BCUT2D eigenvalue weighted by Crippen LogP contribution is -2.05. The number of thiazole rings is 1. The van der Waals surface area contributed by atoms with E-state index in [1.807, 2.05) is 5.38 Å².